The van der Waals surface area contributed by atoms with Crippen molar-refractivity contribution in [2.75, 3.05) is 0 Å². The number of carboxylic acids is 2. The molecule has 0 spiro atoms. The minimum atomic E-state index is -1.25. The number of carbonyl (C=O) groups is 2. The molecule has 16 heavy (non-hydrogen) atoms. The molecule has 1 aliphatic rings. The Kier molecular flexibility index (Phi) is 3.88. The number of rotatable bonds is 4. The first-order valence-corrected chi connectivity index (χ1v) is 4.71. The molecule has 0 amide bonds. The summed E-state index contributed by atoms with van der Waals surface area (Å²) < 4.78 is 5.04. The maximum atomic E-state index is 10.8. The van der Waals surface area contributed by atoms with Gasteiger partial charge in [-0.25, -0.2) is 9.59 Å². The molecule has 5 nitrogen and oxygen atoms in total. The molecule has 0 aromatic rings. The fraction of sp³-hybridized carbons (Fsp3) is 0.273. The average Bonchev–Trinajstić information content (AvgIpc) is 2.43. The second-order valence-corrected chi connectivity index (χ2v) is 3.29. The highest BCUT2D eigenvalue weighted by Gasteiger charge is 2.16. The smallest absolute Gasteiger partial charge is 0.370 e. The van der Waals surface area contributed by atoms with Gasteiger partial charge in [0.1, 0.15) is 6.10 Å². The Bertz CT molecular complexity index is 378. The van der Waals surface area contributed by atoms with Crippen molar-refractivity contribution in [1.82, 2.24) is 0 Å². The van der Waals surface area contributed by atoms with Gasteiger partial charge in [0.25, 0.3) is 0 Å². The van der Waals surface area contributed by atoms with Gasteiger partial charge in [-0.1, -0.05) is 12.2 Å². The lowest BCUT2D eigenvalue weighted by molar-refractivity contribution is -0.137. The van der Waals surface area contributed by atoms with Crippen LogP contribution in [0.25, 0.3) is 0 Å². The second-order valence-electron chi connectivity index (χ2n) is 3.29. The summed E-state index contributed by atoms with van der Waals surface area (Å²) in [5.74, 6) is -2.69. The molecule has 0 unspecified atom stereocenters. The van der Waals surface area contributed by atoms with Crippen LogP contribution in [0.15, 0.2) is 36.1 Å². The van der Waals surface area contributed by atoms with Crippen LogP contribution in [-0.4, -0.2) is 28.3 Å². The molecule has 1 aliphatic carbocycles. The van der Waals surface area contributed by atoms with Crippen LogP contribution in [0.4, 0.5) is 0 Å². The van der Waals surface area contributed by atoms with Crippen molar-refractivity contribution in [3.05, 3.63) is 36.1 Å². The lowest BCUT2D eigenvalue weighted by Crippen LogP contribution is -2.14. The molecule has 0 saturated heterocycles. The first kappa shape index (κ1) is 12.0. The van der Waals surface area contributed by atoms with Gasteiger partial charge in [-0.15, -0.1) is 0 Å². The Morgan fingerprint density at radius 3 is 2.69 bits per heavy atom. The minimum Gasteiger partial charge on any atom is -0.479 e. The predicted molar refractivity (Wildman–Crippen MR) is 55.7 cm³/mol. The summed E-state index contributed by atoms with van der Waals surface area (Å²) in [6.45, 7) is 3.23. The number of carboxylic acid groups (broad SMARTS) is 2. The molecule has 0 aromatic carbocycles. The number of hydrogen-bond acceptors (Lipinski definition) is 3. The molecular weight excluding hydrogens is 212 g/mol. The fourth-order valence-corrected chi connectivity index (χ4v) is 1.28. The normalized spacial score (nSPS) is 19.5. The van der Waals surface area contributed by atoms with Gasteiger partial charge in [-0.05, 0) is 25.5 Å². The maximum Gasteiger partial charge on any atom is 0.370 e. The molecule has 0 fully saturated rings. The van der Waals surface area contributed by atoms with Crippen molar-refractivity contribution in [2.24, 2.45) is 0 Å². The van der Waals surface area contributed by atoms with Gasteiger partial charge in [-0.3, -0.25) is 0 Å². The molecule has 1 rings (SSSR count). The van der Waals surface area contributed by atoms with E-state index in [4.69, 9.17) is 14.9 Å². The van der Waals surface area contributed by atoms with Gasteiger partial charge in [0.15, 0.2) is 5.76 Å². The lowest BCUT2D eigenvalue weighted by Gasteiger charge is -2.13. The Hall–Kier alpha value is -2.04. The van der Waals surface area contributed by atoms with Gasteiger partial charge in [-0.2, -0.15) is 0 Å². The number of allylic oxidation sites excluding steroid dienone is 1. The molecular formula is C11H12O5. The van der Waals surface area contributed by atoms with Crippen LogP contribution in [0.5, 0.6) is 0 Å². The van der Waals surface area contributed by atoms with Gasteiger partial charge < -0.3 is 14.9 Å². The van der Waals surface area contributed by atoms with Crippen molar-refractivity contribution in [3.63, 3.8) is 0 Å². The van der Waals surface area contributed by atoms with Crippen LogP contribution in [0.3, 0.4) is 0 Å². The van der Waals surface area contributed by atoms with Crippen LogP contribution < -0.4 is 0 Å². The zero-order valence-corrected chi connectivity index (χ0v) is 8.55. The number of ether oxygens (including phenoxy) is 1. The minimum absolute atomic E-state index is 0.0979. The van der Waals surface area contributed by atoms with E-state index < -0.39 is 18.0 Å². The summed E-state index contributed by atoms with van der Waals surface area (Å²) in [5, 5.41) is 17.4. The van der Waals surface area contributed by atoms with Gasteiger partial charge in [0.05, 0.1) is 5.57 Å². The molecule has 0 aliphatic heterocycles. The Morgan fingerprint density at radius 1 is 1.44 bits per heavy atom. The Labute approximate surface area is 92.3 Å². The van der Waals surface area contributed by atoms with Crippen molar-refractivity contribution in [3.8, 4) is 0 Å². The summed E-state index contributed by atoms with van der Waals surface area (Å²) in [5.41, 5.74) is 0.0979. The third-order valence-electron chi connectivity index (χ3n) is 2.06. The monoisotopic (exact) mass is 224 g/mol. The van der Waals surface area contributed by atoms with E-state index in [2.05, 4.69) is 6.58 Å². The third-order valence-corrected chi connectivity index (χ3v) is 2.06. The topological polar surface area (TPSA) is 83.8 Å². The van der Waals surface area contributed by atoms with Crippen molar-refractivity contribution >= 4 is 11.9 Å². The standard InChI is InChI=1S/C11H12O5/c1-7(10(12)13)16-9-5-3-2-4-8(6-9)11(14)15/h2,4,6,9H,1,3,5H2,(H,12,13)(H,14,15)/t9-/m0/s1. The van der Waals surface area contributed by atoms with E-state index in [9.17, 15) is 9.59 Å². The van der Waals surface area contributed by atoms with E-state index in [0.29, 0.717) is 12.8 Å². The number of aliphatic carboxylic acids is 2. The highest BCUT2D eigenvalue weighted by Crippen LogP contribution is 2.16. The quantitative estimate of drug-likeness (QED) is 0.556. The zero-order chi connectivity index (χ0) is 12.1. The lowest BCUT2D eigenvalue weighted by atomic mass is 10.2. The van der Waals surface area contributed by atoms with Crippen LogP contribution in [0.1, 0.15) is 12.8 Å². The fourth-order valence-electron chi connectivity index (χ4n) is 1.28. The van der Waals surface area contributed by atoms with E-state index in [1.807, 2.05) is 0 Å². The predicted octanol–water partition coefficient (Wildman–Crippen LogP) is 1.33. The van der Waals surface area contributed by atoms with Gasteiger partial charge in [0.2, 0.25) is 0 Å². The molecule has 5 heteroatoms. The highest BCUT2D eigenvalue weighted by atomic mass is 16.5. The van der Waals surface area contributed by atoms with Gasteiger partial charge >= 0.3 is 11.9 Å². The van der Waals surface area contributed by atoms with E-state index in [-0.39, 0.29) is 11.3 Å². The summed E-state index contributed by atoms with van der Waals surface area (Å²) in [6.07, 6.45) is 5.18. The molecule has 0 radical (unpaired) electrons. The van der Waals surface area contributed by atoms with Crippen molar-refractivity contribution in [2.45, 2.75) is 18.9 Å². The molecule has 0 saturated carbocycles. The molecule has 0 aromatic heterocycles. The Morgan fingerprint density at radius 2 is 2.12 bits per heavy atom. The van der Waals surface area contributed by atoms with Crippen molar-refractivity contribution in [1.29, 1.82) is 0 Å². The number of hydrogen-bond donors (Lipinski definition) is 2. The van der Waals surface area contributed by atoms with E-state index in [0.717, 1.165) is 0 Å². The first-order valence-electron chi connectivity index (χ1n) is 4.71. The van der Waals surface area contributed by atoms with Crippen LogP contribution in [0, 0.1) is 0 Å². The summed E-state index contributed by atoms with van der Waals surface area (Å²) in [7, 11) is 0. The summed E-state index contributed by atoms with van der Waals surface area (Å²) >= 11 is 0. The maximum absolute atomic E-state index is 10.8. The molecule has 1 atom stereocenters. The average molecular weight is 224 g/mol. The summed E-state index contributed by atoms with van der Waals surface area (Å²) in [4.78, 5) is 21.3. The van der Waals surface area contributed by atoms with Crippen LogP contribution >= 0.6 is 0 Å². The van der Waals surface area contributed by atoms with Gasteiger partial charge in [0, 0.05) is 0 Å². The van der Waals surface area contributed by atoms with Crippen LogP contribution in [0.2, 0.25) is 0 Å². The van der Waals surface area contributed by atoms with Crippen molar-refractivity contribution < 1.29 is 24.5 Å². The molecule has 0 bridgehead atoms. The summed E-state index contributed by atoms with van der Waals surface area (Å²) in [6, 6.07) is 0. The Balaban J connectivity index is 2.75. The zero-order valence-electron chi connectivity index (χ0n) is 8.55. The van der Waals surface area contributed by atoms with E-state index in [1.54, 1.807) is 6.08 Å². The molecule has 86 valence electrons. The SMILES string of the molecule is C=C(O[C@@H]1C=C(C(=O)O)C=CCC1)C(=O)O. The van der Waals surface area contributed by atoms with E-state index in [1.165, 1.54) is 12.2 Å². The molecule has 0 heterocycles. The van der Waals surface area contributed by atoms with E-state index >= 15 is 0 Å². The molecule has 2 N–H and O–H groups in total. The highest BCUT2D eigenvalue weighted by molar-refractivity contribution is 5.90. The largest absolute Gasteiger partial charge is 0.479 e. The first-order chi connectivity index (χ1) is 7.50. The second kappa shape index (κ2) is 5.16. The van der Waals surface area contributed by atoms with Crippen LogP contribution in [-0.2, 0) is 14.3 Å². The third kappa shape index (κ3) is 3.27.